The maximum atomic E-state index is 12.5. The van der Waals surface area contributed by atoms with Crippen molar-refractivity contribution in [3.05, 3.63) is 28.8 Å². The highest BCUT2D eigenvalue weighted by Gasteiger charge is 2.24. The van der Waals surface area contributed by atoms with Crippen molar-refractivity contribution in [2.75, 3.05) is 51.5 Å². The van der Waals surface area contributed by atoms with Gasteiger partial charge >= 0.3 is 6.03 Å². The molecule has 3 rings (SSSR count). The smallest absolute Gasteiger partial charge is 0.317 e. The number of carbonyl (C=O) groups excluding carboxylic acids is 1. The Labute approximate surface area is 203 Å². The molecule has 0 atom stereocenters. The van der Waals surface area contributed by atoms with E-state index in [0.29, 0.717) is 4.90 Å². The van der Waals surface area contributed by atoms with E-state index in [-0.39, 0.29) is 20.4 Å². The van der Waals surface area contributed by atoms with Crippen molar-refractivity contribution in [1.29, 1.82) is 0 Å². The summed E-state index contributed by atoms with van der Waals surface area (Å²) in [4.78, 5) is 12.9. The predicted molar refractivity (Wildman–Crippen MR) is 117 cm³/mol. The molecule has 1 N–H and O–H groups in total. The topological polar surface area (TPSA) is 38.8 Å². The highest BCUT2D eigenvalue weighted by molar-refractivity contribution is 6.34. The SMILES string of the molecule is [2H]C([2H])(CN1C([2H])([2H])C([2H])([2H])N(c2cccc(C)c2Cl)C([2H])([2H])C1([2H])[2H])C1([2H])C([2H])([2H])C([2H])([2H])C([2H])(NC(=O)N(C)C)C([2H])([2H])C1([2H])[2H]. The second kappa shape index (κ2) is 9.84. The molecule has 2 aliphatic rings. The fourth-order valence-corrected chi connectivity index (χ4v) is 2.33. The van der Waals surface area contributed by atoms with Crippen molar-refractivity contribution >= 4 is 23.3 Å². The van der Waals surface area contributed by atoms with E-state index >= 15 is 0 Å². The van der Waals surface area contributed by atoms with E-state index in [2.05, 4.69) is 0 Å². The van der Waals surface area contributed by atoms with Gasteiger partial charge in [0, 0.05) is 66.7 Å². The van der Waals surface area contributed by atoms with Crippen LogP contribution in [-0.4, -0.2) is 68.5 Å². The highest BCUT2D eigenvalue weighted by atomic mass is 35.5. The van der Waals surface area contributed by atoms with Crippen LogP contribution in [0.15, 0.2) is 18.2 Å². The first-order valence-corrected chi connectivity index (χ1v) is 8.67. The van der Waals surface area contributed by atoms with Gasteiger partial charge in [0.05, 0.1) is 17.6 Å². The molecule has 1 aromatic rings. The summed E-state index contributed by atoms with van der Waals surface area (Å²) in [6.45, 7) is -15.5. The summed E-state index contributed by atoms with van der Waals surface area (Å²) in [6, 6.07) is -1.40. The Bertz CT molecular complexity index is 1410. The Morgan fingerprint density at radius 3 is 2.61 bits per heavy atom. The van der Waals surface area contributed by atoms with Crippen molar-refractivity contribution in [2.24, 2.45) is 5.89 Å². The number of halogens is 1. The van der Waals surface area contributed by atoms with Gasteiger partial charge in [-0.05, 0) is 62.9 Å². The van der Waals surface area contributed by atoms with E-state index in [1.807, 2.05) is 0 Å². The number of anilines is 1. The molecule has 2 fully saturated rings. The molecular formula is C22H35ClN4O. The van der Waals surface area contributed by atoms with Crippen molar-refractivity contribution in [3.63, 3.8) is 0 Å². The third-order valence-corrected chi connectivity index (χ3v) is 4.17. The molecular weight excluding hydrogens is 372 g/mol. The number of amides is 2. The van der Waals surface area contributed by atoms with Crippen molar-refractivity contribution in [2.45, 2.75) is 44.8 Å². The van der Waals surface area contributed by atoms with Gasteiger partial charge in [0.25, 0.3) is 0 Å². The largest absolute Gasteiger partial charge is 0.368 e. The Hall–Kier alpha value is -1.46. The fourth-order valence-electron chi connectivity index (χ4n) is 2.12. The number of carbonyl (C=O) groups is 1. The first-order valence-electron chi connectivity index (χ1n) is 18.3. The minimum absolute atomic E-state index is 0.0795. The molecule has 0 aromatic heterocycles. The highest BCUT2D eigenvalue weighted by Crippen LogP contribution is 2.30. The van der Waals surface area contributed by atoms with Gasteiger partial charge in [-0.25, -0.2) is 4.79 Å². The molecule has 2 amide bonds. The molecule has 28 heavy (non-hydrogen) atoms. The van der Waals surface area contributed by atoms with E-state index in [1.54, 1.807) is 5.32 Å². The van der Waals surface area contributed by atoms with Gasteiger partial charge < -0.3 is 15.1 Å². The Morgan fingerprint density at radius 2 is 1.96 bits per heavy atom. The lowest BCUT2D eigenvalue weighted by molar-refractivity contribution is 0.194. The van der Waals surface area contributed by atoms with Gasteiger partial charge in [0.1, 0.15) is 0 Å². The summed E-state index contributed by atoms with van der Waals surface area (Å²) in [7, 11) is 2.18. The average Bonchev–Trinajstić information content (AvgIpc) is 2.91. The van der Waals surface area contributed by atoms with E-state index in [4.69, 9.17) is 39.0 Å². The summed E-state index contributed by atoms with van der Waals surface area (Å²) in [6.07, 6.45) is -21.1. The van der Waals surface area contributed by atoms with Gasteiger partial charge in [-0.15, -0.1) is 0 Å². The molecule has 1 aliphatic heterocycles. The minimum Gasteiger partial charge on any atom is -0.368 e. The zero-order valence-corrected chi connectivity index (χ0v) is 16.3. The number of aryl methyl sites for hydroxylation is 1. The summed E-state index contributed by atoms with van der Waals surface area (Å²) in [5, 5.41) is 1.33. The number of nitrogens with one attached hydrogen (secondary N) is 1. The number of rotatable bonds is 5. The Balaban J connectivity index is 2.31. The van der Waals surface area contributed by atoms with Crippen molar-refractivity contribution in [3.8, 4) is 0 Å². The minimum atomic E-state index is -4.38. The zero-order chi connectivity index (χ0) is 38.1. The van der Waals surface area contributed by atoms with Gasteiger partial charge in [0.15, 0.2) is 0 Å². The molecule has 6 heteroatoms. The number of benzene rings is 1. The van der Waals surface area contributed by atoms with E-state index in [0.717, 1.165) is 20.2 Å². The third-order valence-electron chi connectivity index (χ3n) is 3.68. The molecule has 0 bridgehead atoms. The lowest BCUT2D eigenvalue weighted by Crippen LogP contribution is -2.47. The van der Waals surface area contributed by atoms with Gasteiger partial charge in [-0.1, -0.05) is 23.7 Å². The molecule has 0 spiro atoms. The molecule has 0 unspecified atom stereocenters. The summed E-state index contributed by atoms with van der Waals surface area (Å²) >= 11 is 6.30. The van der Waals surface area contributed by atoms with Crippen LogP contribution in [0.4, 0.5) is 10.5 Å². The molecule has 1 aromatic carbocycles. The van der Waals surface area contributed by atoms with E-state index < -0.39 is 88.0 Å². The van der Waals surface area contributed by atoms with Crippen LogP contribution in [0.25, 0.3) is 0 Å². The van der Waals surface area contributed by atoms with Crippen LogP contribution in [0.3, 0.4) is 0 Å². The van der Waals surface area contributed by atoms with Crippen LogP contribution in [-0.2, 0) is 0 Å². The van der Waals surface area contributed by atoms with Crippen molar-refractivity contribution < 1.29 is 32.2 Å². The first-order chi connectivity index (χ1) is 21.0. The summed E-state index contributed by atoms with van der Waals surface area (Å²) in [5.74, 6) is -4.38. The number of urea groups is 1. The number of hydrogen-bond acceptors (Lipinski definition) is 3. The molecule has 1 heterocycles. The Morgan fingerprint density at radius 1 is 1.29 bits per heavy atom. The average molecular weight is 427 g/mol. The van der Waals surface area contributed by atoms with Gasteiger partial charge in [-0.3, -0.25) is 4.90 Å². The van der Waals surface area contributed by atoms with E-state index in [1.165, 1.54) is 19.1 Å². The second-order valence-corrected chi connectivity index (χ2v) is 6.41. The van der Waals surface area contributed by atoms with Crippen LogP contribution < -0.4 is 10.2 Å². The van der Waals surface area contributed by atoms with Crippen LogP contribution in [0.5, 0.6) is 0 Å². The van der Waals surface area contributed by atoms with Crippen LogP contribution in [0.2, 0.25) is 5.02 Å². The van der Waals surface area contributed by atoms with E-state index in [9.17, 15) is 4.79 Å². The van der Waals surface area contributed by atoms with Crippen LogP contribution in [0, 0.1) is 12.8 Å². The van der Waals surface area contributed by atoms with Crippen LogP contribution in [0.1, 0.15) is 64.8 Å². The van der Waals surface area contributed by atoms with Gasteiger partial charge in [0.2, 0.25) is 0 Å². The maximum Gasteiger partial charge on any atom is 0.317 e. The second-order valence-electron chi connectivity index (χ2n) is 6.03. The maximum absolute atomic E-state index is 12.5. The third kappa shape index (κ3) is 5.54. The lowest BCUT2D eigenvalue weighted by Gasteiger charge is -2.37. The number of hydrogen-bond donors (Lipinski definition) is 1. The molecule has 0 radical (unpaired) electrons. The van der Waals surface area contributed by atoms with Crippen molar-refractivity contribution in [1.82, 2.24) is 15.1 Å². The monoisotopic (exact) mass is 426 g/mol. The fraction of sp³-hybridized carbons (Fsp3) is 0.682. The molecule has 5 nitrogen and oxygen atoms in total. The molecule has 1 aliphatic carbocycles. The quantitative estimate of drug-likeness (QED) is 0.773. The molecule has 1 saturated heterocycles. The predicted octanol–water partition coefficient (Wildman–Crippen LogP) is 3.99. The Kier molecular flexibility index (Phi) is 2.58. The zero-order valence-electron chi connectivity index (χ0n) is 35.6. The standard InChI is InChI=1S/C22H35ClN4O/c1-17-5-4-6-20(21(17)23)27-15-13-26(14-16-27)12-11-18-7-9-19(10-8-18)24-22(28)25(2)3/h4-6,18-19H,7-16H2,1-3H3,(H,24,28)/i7D2,8D2,9D2,10D2,11D2,13D2,14D2,15D2,16D2,18D,19D. The number of nitrogens with zero attached hydrogens (tertiary/aromatic N) is 3. The van der Waals surface area contributed by atoms with Gasteiger partial charge in [-0.2, -0.15) is 0 Å². The molecule has 1 saturated carbocycles. The first kappa shape index (κ1) is 7.35. The lowest BCUT2D eigenvalue weighted by atomic mass is 9.84. The normalized spacial score (nSPS) is 54.2. The van der Waals surface area contributed by atoms with Crippen LogP contribution >= 0.6 is 11.6 Å². The number of piperazine rings is 1. The molecule has 156 valence electrons. The summed E-state index contributed by atoms with van der Waals surface area (Å²) < 4.78 is 173. The summed E-state index contributed by atoms with van der Waals surface area (Å²) in [5.41, 5.74) is -0.221.